The lowest BCUT2D eigenvalue weighted by Crippen LogP contribution is -2.37. The van der Waals surface area contributed by atoms with Gasteiger partial charge in [0, 0.05) is 26.7 Å². The molecule has 2 aromatic rings. The van der Waals surface area contributed by atoms with Gasteiger partial charge in [0.25, 0.3) is 0 Å². The van der Waals surface area contributed by atoms with Crippen LogP contribution in [-0.4, -0.2) is 58.6 Å². The fourth-order valence-corrected chi connectivity index (χ4v) is 2.54. The first-order valence-corrected chi connectivity index (χ1v) is 8.70. The molecule has 134 valence electrons. The van der Waals surface area contributed by atoms with Crippen LogP contribution < -0.4 is 15.6 Å². The average molecular weight is 361 g/mol. The van der Waals surface area contributed by atoms with Gasteiger partial charge in [-0.05, 0) is 5.56 Å². The highest BCUT2D eigenvalue weighted by Crippen LogP contribution is 2.15. The van der Waals surface area contributed by atoms with Gasteiger partial charge in [0.05, 0.1) is 18.7 Å². The van der Waals surface area contributed by atoms with Gasteiger partial charge in [-0.15, -0.1) is 5.10 Å². The third-order valence-corrected chi connectivity index (χ3v) is 4.19. The van der Waals surface area contributed by atoms with Crippen molar-refractivity contribution in [2.24, 2.45) is 0 Å². The largest absolute Gasteiger partial charge is 0.378 e. The van der Waals surface area contributed by atoms with Crippen molar-refractivity contribution in [1.29, 1.82) is 0 Å². The van der Waals surface area contributed by atoms with Gasteiger partial charge in [0.1, 0.15) is 6.67 Å². The van der Waals surface area contributed by atoms with Crippen molar-refractivity contribution in [3.05, 3.63) is 35.9 Å². The van der Waals surface area contributed by atoms with E-state index in [2.05, 4.69) is 37.9 Å². The summed E-state index contributed by atoms with van der Waals surface area (Å²) >= 11 is 4.90. The van der Waals surface area contributed by atoms with Crippen molar-refractivity contribution in [2.75, 3.05) is 43.6 Å². The van der Waals surface area contributed by atoms with Crippen LogP contribution in [0.4, 0.5) is 11.9 Å². The Kier molecular flexibility index (Phi) is 6.15. The number of hydrogen-bond acceptors (Lipinski definition) is 7. The molecule has 1 aromatic carbocycles. The molecule has 1 saturated heterocycles. The van der Waals surface area contributed by atoms with E-state index in [4.69, 9.17) is 17.0 Å². The van der Waals surface area contributed by atoms with E-state index in [1.807, 2.05) is 29.9 Å². The van der Waals surface area contributed by atoms with E-state index in [9.17, 15) is 0 Å². The number of thiocarbonyl (C=S) groups is 1. The summed E-state index contributed by atoms with van der Waals surface area (Å²) in [6.07, 6.45) is 0. The number of aromatic nitrogens is 3. The van der Waals surface area contributed by atoms with E-state index < -0.39 is 0 Å². The Morgan fingerprint density at radius 2 is 2.04 bits per heavy atom. The summed E-state index contributed by atoms with van der Waals surface area (Å²) in [4.78, 5) is 6.80. The maximum atomic E-state index is 5.40. The second-order valence-electron chi connectivity index (χ2n) is 5.71. The molecule has 1 aliphatic heterocycles. The van der Waals surface area contributed by atoms with Gasteiger partial charge in [0.2, 0.25) is 11.9 Å². The second kappa shape index (κ2) is 8.75. The molecular formula is C16H23N7OS. The van der Waals surface area contributed by atoms with Crippen LogP contribution in [0.5, 0.6) is 0 Å². The molecule has 9 heteroatoms. The molecule has 0 amide bonds. The fourth-order valence-electron chi connectivity index (χ4n) is 2.46. The lowest BCUT2D eigenvalue weighted by molar-refractivity contribution is 0.122. The quantitative estimate of drug-likeness (QED) is 0.535. The van der Waals surface area contributed by atoms with Gasteiger partial charge >= 0.3 is 0 Å². The molecule has 2 N–H and O–H groups in total. The number of nitrogens with zero attached hydrogens (tertiary/aromatic N) is 5. The third kappa shape index (κ3) is 4.88. The Morgan fingerprint density at radius 1 is 1.28 bits per heavy atom. The summed E-state index contributed by atoms with van der Waals surface area (Å²) in [6, 6.07) is 10.2. The number of hydrogen-bond donors (Lipinski definition) is 2. The Labute approximate surface area is 152 Å². The van der Waals surface area contributed by atoms with Crippen molar-refractivity contribution in [3.63, 3.8) is 0 Å². The van der Waals surface area contributed by atoms with Gasteiger partial charge in [-0.2, -0.15) is 4.98 Å². The summed E-state index contributed by atoms with van der Waals surface area (Å²) < 4.78 is 7.21. The first-order valence-electron chi connectivity index (χ1n) is 8.23. The summed E-state index contributed by atoms with van der Waals surface area (Å²) in [5, 5.41) is 9.71. The van der Waals surface area contributed by atoms with Crippen LogP contribution in [0.25, 0.3) is 0 Å². The van der Waals surface area contributed by atoms with Crippen molar-refractivity contribution in [3.8, 4) is 0 Å². The van der Waals surface area contributed by atoms with Gasteiger partial charge in [-0.25, -0.2) is 10.1 Å². The summed E-state index contributed by atoms with van der Waals surface area (Å²) in [7, 11) is 1.85. The highest BCUT2D eigenvalue weighted by Gasteiger charge is 2.18. The van der Waals surface area contributed by atoms with Crippen LogP contribution in [0.1, 0.15) is 5.56 Å². The normalized spacial score (nSPS) is 14.4. The highest BCUT2D eigenvalue weighted by molar-refractivity contribution is 7.78. The van der Waals surface area contributed by atoms with Crippen LogP contribution in [-0.2, 0) is 18.0 Å². The van der Waals surface area contributed by atoms with Gasteiger partial charge in [-0.1, -0.05) is 42.5 Å². The number of morpholine rings is 1. The molecular weight excluding hydrogens is 338 g/mol. The zero-order valence-electron chi connectivity index (χ0n) is 14.3. The number of rotatable bonds is 8. The predicted octanol–water partition coefficient (Wildman–Crippen LogP) is 1.08. The van der Waals surface area contributed by atoms with Crippen LogP contribution in [0.15, 0.2) is 30.3 Å². The van der Waals surface area contributed by atoms with E-state index in [-0.39, 0.29) is 0 Å². The standard InChI is InChI=1S/C16H23N7OS/c1-21(13-25)18-12-23-15(17-11-14-5-3-2-4-6-14)19-16(20-23)22-7-9-24-10-8-22/h2-6,13,18H,7-12H2,1H3,(H,17,19,20). The zero-order chi connectivity index (χ0) is 17.5. The van der Waals surface area contributed by atoms with Crippen LogP contribution in [0.2, 0.25) is 0 Å². The number of anilines is 2. The summed E-state index contributed by atoms with van der Waals surface area (Å²) in [5.41, 5.74) is 5.88. The maximum absolute atomic E-state index is 5.40. The summed E-state index contributed by atoms with van der Waals surface area (Å²) in [6.45, 7) is 4.16. The Bertz CT molecular complexity index is 672. The van der Waals surface area contributed by atoms with Crippen molar-refractivity contribution < 1.29 is 4.74 Å². The predicted molar refractivity (Wildman–Crippen MR) is 101 cm³/mol. The van der Waals surface area contributed by atoms with Crippen LogP contribution in [0.3, 0.4) is 0 Å². The molecule has 8 nitrogen and oxygen atoms in total. The number of ether oxygens (including phenoxy) is 1. The maximum Gasteiger partial charge on any atom is 0.246 e. The highest BCUT2D eigenvalue weighted by atomic mass is 32.1. The van der Waals surface area contributed by atoms with E-state index in [1.165, 1.54) is 11.1 Å². The van der Waals surface area contributed by atoms with Gasteiger partial charge in [0.15, 0.2) is 0 Å². The summed E-state index contributed by atoms with van der Waals surface area (Å²) in [5.74, 6) is 1.43. The molecule has 0 atom stereocenters. The number of nitrogens with one attached hydrogen (secondary N) is 2. The molecule has 0 aliphatic carbocycles. The second-order valence-corrected chi connectivity index (χ2v) is 5.92. The molecule has 25 heavy (non-hydrogen) atoms. The molecule has 3 rings (SSSR count). The molecule has 1 fully saturated rings. The zero-order valence-corrected chi connectivity index (χ0v) is 15.1. The first kappa shape index (κ1) is 17.6. The Balaban J connectivity index is 1.72. The average Bonchev–Trinajstić information content (AvgIpc) is 3.09. The Morgan fingerprint density at radius 3 is 2.76 bits per heavy atom. The first-order chi connectivity index (χ1) is 12.3. The van der Waals surface area contributed by atoms with E-state index in [0.717, 1.165) is 19.0 Å². The molecule has 1 aromatic heterocycles. The van der Waals surface area contributed by atoms with Crippen molar-refractivity contribution >= 4 is 29.6 Å². The lowest BCUT2D eigenvalue weighted by atomic mass is 10.2. The number of hydrazine groups is 1. The minimum absolute atomic E-state index is 0.470. The Hall–Kier alpha value is -2.23. The SMILES string of the molecule is CN(C=S)NCn1nc(N2CCOCC2)nc1NCc1ccccc1. The molecule has 1 aliphatic rings. The van der Waals surface area contributed by atoms with E-state index >= 15 is 0 Å². The van der Waals surface area contributed by atoms with Gasteiger partial charge < -0.3 is 20.0 Å². The fraction of sp³-hybridized carbons (Fsp3) is 0.438. The topological polar surface area (TPSA) is 70.5 Å². The van der Waals surface area contributed by atoms with Crippen LogP contribution in [0, 0.1) is 0 Å². The minimum Gasteiger partial charge on any atom is -0.378 e. The van der Waals surface area contributed by atoms with Crippen molar-refractivity contribution in [1.82, 2.24) is 25.2 Å². The van der Waals surface area contributed by atoms with Gasteiger partial charge in [-0.3, -0.25) is 0 Å². The third-order valence-electron chi connectivity index (χ3n) is 3.88. The molecule has 0 bridgehead atoms. The minimum atomic E-state index is 0.470. The number of benzene rings is 1. The molecule has 0 saturated carbocycles. The van der Waals surface area contributed by atoms with Crippen molar-refractivity contribution in [2.45, 2.75) is 13.2 Å². The lowest BCUT2D eigenvalue weighted by Gasteiger charge is -2.25. The van der Waals surface area contributed by atoms with E-state index in [0.29, 0.717) is 32.4 Å². The van der Waals surface area contributed by atoms with E-state index in [1.54, 1.807) is 5.01 Å². The molecule has 0 radical (unpaired) electrons. The molecule has 2 heterocycles. The van der Waals surface area contributed by atoms with Crippen LogP contribution >= 0.6 is 12.2 Å². The molecule has 0 unspecified atom stereocenters. The monoisotopic (exact) mass is 361 g/mol. The molecule has 0 spiro atoms. The smallest absolute Gasteiger partial charge is 0.246 e.